The molecule has 2 heterocycles. The average Bonchev–Trinajstić information content (AvgIpc) is 3.15. The Morgan fingerprint density at radius 2 is 2.14 bits per heavy atom. The maximum Gasteiger partial charge on any atom is 0.191 e. The Bertz CT molecular complexity index is 903. The minimum Gasteiger partial charge on any atom is -0.496 e. The molecule has 0 radical (unpaired) electrons. The molecule has 0 amide bonds. The molecule has 2 N–H and O–H groups in total. The number of anilines is 1. The molecular formula is C21H27F2N5O. The number of hydrogen-bond donors (Lipinski definition) is 2. The number of rotatable bonds is 5. The van der Waals surface area contributed by atoms with Gasteiger partial charge in [-0.3, -0.25) is 9.98 Å². The zero-order chi connectivity index (χ0) is 21.0. The van der Waals surface area contributed by atoms with Crippen molar-refractivity contribution in [3.05, 3.63) is 52.9 Å². The highest BCUT2D eigenvalue weighted by atomic mass is 19.1. The molecule has 0 saturated carbocycles. The van der Waals surface area contributed by atoms with Gasteiger partial charge < -0.3 is 20.3 Å². The van der Waals surface area contributed by atoms with Crippen molar-refractivity contribution in [2.75, 3.05) is 32.1 Å². The Kier molecular flexibility index (Phi) is 6.51. The standard InChI is InChI=1S/C21H27F2N5O/c1-13-10-25-18(14(2)20(13)29-4)11-26-21(24-3)27-16-7-8-28(12-16)19-6-5-15(22)9-17(19)23/h5-6,9-10,16H,7-8,11-12H2,1-4H3,(H2,24,26,27). The fourth-order valence-electron chi connectivity index (χ4n) is 3.64. The Balaban J connectivity index is 1.59. The lowest BCUT2D eigenvalue weighted by Crippen LogP contribution is -2.44. The first-order chi connectivity index (χ1) is 13.9. The van der Waals surface area contributed by atoms with E-state index in [1.165, 1.54) is 12.1 Å². The van der Waals surface area contributed by atoms with Gasteiger partial charge in [0, 0.05) is 49.6 Å². The van der Waals surface area contributed by atoms with Crippen molar-refractivity contribution in [2.24, 2.45) is 4.99 Å². The van der Waals surface area contributed by atoms with E-state index >= 15 is 0 Å². The van der Waals surface area contributed by atoms with Gasteiger partial charge in [0.25, 0.3) is 0 Å². The van der Waals surface area contributed by atoms with Crippen molar-refractivity contribution >= 4 is 11.6 Å². The molecule has 1 unspecified atom stereocenters. The largest absolute Gasteiger partial charge is 0.496 e. The molecule has 1 aromatic heterocycles. The second-order valence-electron chi connectivity index (χ2n) is 7.14. The van der Waals surface area contributed by atoms with Crippen LogP contribution >= 0.6 is 0 Å². The summed E-state index contributed by atoms with van der Waals surface area (Å²) in [5.74, 6) is 0.383. The predicted molar refractivity (Wildman–Crippen MR) is 111 cm³/mol. The van der Waals surface area contributed by atoms with Gasteiger partial charge in [-0.2, -0.15) is 0 Å². The molecule has 156 valence electrons. The number of aromatic nitrogens is 1. The molecule has 1 fully saturated rings. The molecule has 6 nitrogen and oxygen atoms in total. The first-order valence-electron chi connectivity index (χ1n) is 9.59. The molecule has 0 bridgehead atoms. The van der Waals surface area contributed by atoms with E-state index in [9.17, 15) is 8.78 Å². The van der Waals surface area contributed by atoms with Gasteiger partial charge in [-0.25, -0.2) is 8.78 Å². The van der Waals surface area contributed by atoms with E-state index in [1.807, 2.05) is 18.7 Å². The lowest BCUT2D eigenvalue weighted by Gasteiger charge is -2.21. The van der Waals surface area contributed by atoms with E-state index in [2.05, 4.69) is 20.6 Å². The molecule has 0 spiro atoms. The maximum atomic E-state index is 14.0. The Morgan fingerprint density at radius 3 is 2.83 bits per heavy atom. The molecule has 0 aliphatic carbocycles. The van der Waals surface area contributed by atoms with E-state index < -0.39 is 11.6 Å². The van der Waals surface area contributed by atoms with Crippen molar-refractivity contribution in [1.29, 1.82) is 0 Å². The summed E-state index contributed by atoms with van der Waals surface area (Å²) < 4.78 is 32.6. The van der Waals surface area contributed by atoms with Crippen LogP contribution in [0.2, 0.25) is 0 Å². The summed E-state index contributed by atoms with van der Waals surface area (Å²) in [5.41, 5.74) is 3.30. The number of pyridine rings is 1. The van der Waals surface area contributed by atoms with Crippen LogP contribution < -0.4 is 20.3 Å². The zero-order valence-corrected chi connectivity index (χ0v) is 17.2. The fraction of sp³-hybridized carbons (Fsp3) is 0.429. The SMILES string of the molecule is CN=C(NCc1ncc(C)c(OC)c1C)NC1CCN(c2ccc(F)cc2F)C1. The third-order valence-electron chi connectivity index (χ3n) is 5.18. The number of nitrogens with one attached hydrogen (secondary N) is 2. The molecule has 8 heteroatoms. The summed E-state index contributed by atoms with van der Waals surface area (Å²) in [6.07, 6.45) is 2.62. The topological polar surface area (TPSA) is 61.8 Å². The van der Waals surface area contributed by atoms with Crippen molar-refractivity contribution in [3.63, 3.8) is 0 Å². The third kappa shape index (κ3) is 4.75. The van der Waals surface area contributed by atoms with Gasteiger partial charge >= 0.3 is 0 Å². The summed E-state index contributed by atoms with van der Waals surface area (Å²) >= 11 is 0. The van der Waals surface area contributed by atoms with Gasteiger partial charge in [0.15, 0.2) is 5.96 Å². The molecule has 1 aliphatic heterocycles. The molecule has 1 aromatic carbocycles. The Morgan fingerprint density at radius 1 is 1.34 bits per heavy atom. The Labute approximate surface area is 170 Å². The third-order valence-corrected chi connectivity index (χ3v) is 5.18. The summed E-state index contributed by atoms with van der Waals surface area (Å²) in [6.45, 7) is 5.75. The lowest BCUT2D eigenvalue weighted by molar-refractivity contribution is 0.406. The molecule has 1 atom stereocenters. The summed E-state index contributed by atoms with van der Waals surface area (Å²) in [4.78, 5) is 10.7. The number of nitrogens with zero attached hydrogens (tertiary/aromatic N) is 3. The molecular weight excluding hydrogens is 376 g/mol. The predicted octanol–water partition coefficient (Wildman–Crippen LogP) is 2.93. The second-order valence-corrected chi connectivity index (χ2v) is 7.14. The van der Waals surface area contributed by atoms with Crippen LogP contribution in [0.15, 0.2) is 29.4 Å². The first kappa shape index (κ1) is 20.8. The minimum absolute atomic E-state index is 0.104. The number of ether oxygens (including phenoxy) is 1. The minimum atomic E-state index is -0.568. The van der Waals surface area contributed by atoms with Crippen molar-refractivity contribution < 1.29 is 13.5 Å². The van der Waals surface area contributed by atoms with Gasteiger partial charge in [0.2, 0.25) is 0 Å². The van der Waals surface area contributed by atoms with E-state index in [-0.39, 0.29) is 6.04 Å². The normalized spacial score (nSPS) is 16.8. The van der Waals surface area contributed by atoms with E-state index in [0.29, 0.717) is 31.3 Å². The Hall–Kier alpha value is -2.90. The lowest BCUT2D eigenvalue weighted by atomic mass is 10.1. The molecule has 1 aliphatic rings. The van der Waals surface area contributed by atoms with Crippen molar-refractivity contribution in [2.45, 2.75) is 32.9 Å². The van der Waals surface area contributed by atoms with Gasteiger partial charge in [-0.15, -0.1) is 0 Å². The first-order valence-corrected chi connectivity index (χ1v) is 9.59. The van der Waals surface area contributed by atoms with E-state index in [0.717, 1.165) is 35.1 Å². The van der Waals surface area contributed by atoms with Crippen molar-refractivity contribution in [3.8, 4) is 5.75 Å². The molecule has 29 heavy (non-hydrogen) atoms. The smallest absolute Gasteiger partial charge is 0.191 e. The molecule has 1 saturated heterocycles. The van der Waals surface area contributed by atoms with Gasteiger partial charge in [-0.05, 0) is 32.4 Å². The number of halogens is 2. The average molecular weight is 403 g/mol. The second kappa shape index (κ2) is 9.07. The van der Waals surface area contributed by atoms with Gasteiger partial charge in [0.1, 0.15) is 17.4 Å². The summed E-state index contributed by atoms with van der Waals surface area (Å²) in [7, 11) is 3.36. The zero-order valence-electron chi connectivity index (χ0n) is 17.2. The number of aryl methyl sites for hydroxylation is 1. The summed E-state index contributed by atoms with van der Waals surface area (Å²) in [6, 6.07) is 3.79. The highest BCUT2D eigenvalue weighted by Gasteiger charge is 2.25. The van der Waals surface area contributed by atoms with Crippen LogP contribution in [0.4, 0.5) is 14.5 Å². The summed E-state index contributed by atoms with van der Waals surface area (Å²) in [5, 5.41) is 6.64. The van der Waals surface area contributed by atoms with E-state index in [1.54, 1.807) is 20.4 Å². The number of methoxy groups -OCH3 is 1. The van der Waals surface area contributed by atoms with Gasteiger partial charge in [-0.1, -0.05) is 0 Å². The van der Waals surface area contributed by atoms with Crippen LogP contribution in [0.1, 0.15) is 23.2 Å². The highest BCUT2D eigenvalue weighted by Crippen LogP contribution is 2.25. The van der Waals surface area contributed by atoms with Crippen LogP contribution in [-0.2, 0) is 6.54 Å². The number of guanidine groups is 1. The van der Waals surface area contributed by atoms with Crippen LogP contribution in [0.25, 0.3) is 0 Å². The number of aliphatic imine (C=N–C) groups is 1. The van der Waals surface area contributed by atoms with Gasteiger partial charge in [0.05, 0.1) is 25.0 Å². The van der Waals surface area contributed by atoms with Crippen LogP contribution in [-0.4, -0.2) is 44.2 Å². The fourth-order valence-corrected chi connectivity index (χ4v) is 3.64. The quantitative estimate of drug-likeness (QED) is 0.594. The highest BCUT2D eigenvalue weighted by molar-refractivity contribution is 5.80. The van der Waals surface area contributed by atoms with Crippen LogP contribution in [0, 0.1) is 25.5 Å². The monoisotopic (exact) mass is 403 g/mol. The van der Waals surface area contributed by atoms with Crippen molar-refractivity contribution in [1.82, 2.24) is 15.6 Å². The maximum absolute atomic E-state index is 14.0. The van der Waals surface area contributed by atoms with Crippen LogP contribution in [0.5, 0.6) is 5.75 Å². The van der Waals surface area contributed by atoms with E-state index in [4.69, 9.17) is 4.74 Å². The molecule has 3 rings (SSSR count). The van der Waals surface area contributed by atoms with Crippen LogP contribution in [0.3, 0.4) is 0 Å². The molecule has 2 aromatic rings. The number of benzene rings is 1. The number of hydrogen-bond acceptors (Lipinski definition) is 4.